The molecule has 9 heteroatoms. The third kappa shape index (κ3) is 5.87. The van der Waals surface area contributed by atoms with Gasteiger partial charge in [-0.1, -0.05) is 48.0 Å². The number of sulfone groups is 1. The first-order valence-corrected chi connectivity index (χ1v) is 14.3. The summed E-state index contributed by atoms with van der Waals surface area (Å²) < 4.78 is 39.7. The van der Waals surface area contributed by atoms with Crippen molar-refractivity contribution in [2.24, 2.45) is 0 Å². The number of hydrogen-bond acceptors (Lipinski definition) is 4. The van der Waals surface area contributed by atoms with Crippen LogP contribution in [0.3, 0.4) is 0 Å². The fraction of sp³-hybridized carbons (Fsp3) is 0.172. The van der Waals surface area contributed by atoms with Crippen molar-refractivity contribution in [2.75, 3.05) is 11.5 Å². The molecule has 4 aromatic rings. The van der Waals surface area contributed by atoms with Gasteiger partial charge in [0.25, 0.3) is 0 Å². The van der Waals surface area contributed by atoms with Crippen molar-refractivity contribution < 1.29 is 17.6 Å². The third-order valence-electron chi connectivity index (χ3n) is 6.52. The highest BCUT2D eigenvalue weighted by molar-refractivity contribution is 7.91. The van der Waals surface area contributed by atoms with Gasteiger partial charge in [0.2, 0.25) is 5.91 Å². The Bertz CT molecular complexity index is 1590. The molecule has 0 radical (unpaired) electrons. The molecule has 1 amide bonds. The molecule has 3 aromatic carbocycles. The molecule has 0 saturated carbocycles. The molecule has 1 aliphatic rings. The Morgan fingerprint density at radius 2 is 1.76 bits per heavy atom. The van der Waals surface area contributed by atoms with E-state index < -0.39 is 15.9 Å². The SMILES string of the molecule is O=C(/C=C/c1cn(-c2ccccc2)nc1-c1ccc(F)cc1)N(Cc1ccccc1Cl)C1CCS(=O)(=O)C1. The summed E-state index contributed by atoms with van der Waals surface area (Å²) >= 11 is 6.36. The molecule has 0 N–H and O–H groups in total. The van der Waals surface area contributed by atoms with Gasteiger partial charge in [0.15, 0.2) is 9.84 Å². The van der Waals surface area contributed by atoms with Crippen molar-refractivity contribution in [3.05, 3.63) is 113 Å². The van der Waals surface area contributed by atoms with Gasteiger partial charge in [0.05, 0.1) is 22.9 Å². The second-order valence-electron chi connectivity index (χ2n) is 9.17. The van der Waals surface area contributed by atoms with Crippen molar-refractivity contribution in [1.29, 1.82) is 0 Å². The summed E-state index contributed by atoms with van der Waals surface area (Å²) in [6, 6.07) is 22.3. The molecule has 6 nitrogen and oxygen atoms in total. The van der Waals surface area contributed by atoms with Crippen LogP contribution in [0.15, 0.2) is 91.1 Å². The molecule has 0 spiro atoms. The van der Waals surface area contributed by atoms with E-state index in [2.05, 4.69) is 0 Å². The lowest BCUT2D eigenvalue weighted by atomic mass is 10.1. The predicted molar refractivity (Wildman–Crippen MR) is 147 cm³/mol. The maximum absolute atomic E-state index is 13.6. The molecule has 194 valence electrons. The van der Waals surface area contributed by atoms with Crippen LogP contribution in [0.25, 0.3) is 23.0 Å². The van der Waals surface area contributed by atoms with Crippen LogP contribution < -0.4 is 0 Å². The van der Waals surface area contributed by atoms with Gasteiger partial charge < -0.3 is 4.90 Å². The zero-order valence-electron chi connectivity index (χ0n) is 20.4. The fourth-order valence-electron chi connectivity index (χ4n) is 4.53. The summed E-state index contributed by atoms with van der Waals surface area (Å²) in [4.78, 5) is 15.1. The van der Waals surface area contributed by atoms with Crippen LogP contribution in [0.2, 0.25) is 5.02 Å². The van der Waals surface area contributed by atoms with Gasteiger partial charge in [-0.2, -0.15) is 5.10 Å². The van der Waals surface area contributed by atoms with Crippen molar-refractivity contribution in [2.45, 2.75) is 19.0 Å². The van der Waals surface area contributed by atoms with E-state index in [1.807, 2.05) is 42.5 Å². The topological polar surface area (TPSA) is 72.3 Å². The first kappa shape index (κ1) is 25.9. The smallest absolute Gasteiger partial charge is 0.247 e. The second-order valence-corrected chi connectivity index (χ2v) is 11.8. The number of carbonyl (C=O) groups is 1. The van der Waals surface area contributed by atoms with Crippen molar-refractivity contribution in [3.8, 4) is 16.9 Å². The van der Waals surface area contributed by atoms with Crippen LogP contribution in [-0.2, 0) is 21.2 Å². The van der Waals surface area contributed by atoms with Crippen molar-refractivity contribution in [1.82, 2.24) is 14.7 Å². The Kier molecular flexibility index (Phi) is 7.44. The Labute approximate surface area is 225 Å². The van der Waals surface area contributed by atoms with Gasteiger partial charge >= 0.3 is 0 Å². The fourth-order valence-corrected chi connectivity index (χ4v) is 6.46. The highest BCUT2D eigenvalue weighted by Crippen LogP contribution is 2.27. The Morgan fingerprint density at radius 1 is 1.05 bits per heavy atom. The van der Waals surface area contributed by atoms with E-state index >= 15 is 0 Å². The molecule has 1 atom stereocenters. The Balaban J connectivity index is 1.49. The molecule has 1 unspecified atom stereocenters. The Morgan fingerprint density at radius 3 is 2.45 bits per heavy atom. The highest BCUT2D eigenvalue weighted by atomic mass is 35.5. The normalized spacial score (nSPS) is 16.6. The Hall–Kier alpha value is -3.75. The number of halogens is 2. The molecular weight excluding hydrogens is 525 g/mol. The van der Waals surface area contributed by atoms with Gasteiger partial charge in [-0.05, 0) is 60.5 Å². The van der Waals surface area contributed by atoms with E-state index in [1.165, 1.54) is 18.2 Å². The zero-order chi connectivity index (χ0) is 26.7. The molecule has 5 rings (SSSR count). The molecule has 0 bridgehead atoms. The van der Waals surface area contributed by atoms with Crippen LogP contribution >= 0.6 is 11.6 Å². The van der Waals surface area contributed by atoms with Crippen LogP contribution in [-0.4, -0.2) is 46.6 Å². The summed E-state index contributed by atoms with van der Waals surface area (Å²) in [5.74, 6) is -0.717. The average Bonchev–Trinajstić information content (AvgIpc) is 3.50. The number of carbonyl (C=O) groups excluding carboxylic acids is 1. The van der Waals surface area contributed by atoms with E-state index in [9.17, 15) is 17.6 Å². The predicted octanol–water partition coefficient (Wildman–Crippen LogP) is 5.56. The molecule has 1 fully saturated rings. The largest absolute Gasteiger partial charge is 0.331 e. The molecule has 1 aliphatic heterocycles. The summed E-state index contributed by atoms with van der Waals surface area (Å²) in [5.41, 5.74) is 3.51. The summed E-state index contributed by atoms with van der Waals surface area (Å²) in [5, 5.41) is 5.21. The number of para-hydroxylation sites is 1. The molecular formula is C29H25ClFN3O3S. The van der Waals surface area contributed by atoms with E-state index in [1.54, 1.807) is 46.1 Å². The van der Waals surface area contributed by atoms with Gasteiger partial charge in [-0.25, -0.2) is 17.5 Å². The van der Waals surface area contributed by atoms with Crippen LogP contribution in [0.4, 0.5) is 4.39 Å². The minimum atomic E-state index is -3.21. The van der Waals surface area contributed by atoms with E-state index in [4.69, 9.17) is 16.7 Å². The summed E-state index contributed by atoms with van der Waals surface area (Å²) in [6.45, 7) is 0.192. The monoisotopic (exact) mass is 549 g/mol. The lowest BCUT2D eigenvalue weighted by Crippen LogP contribution is -2.39. The van der Waals surface area contributed by atoms with Gasteiger partial charge in [0.1, 0.15) is 5.82 Å². The maximum atomic E-state index is 13.6. The van der Waals surface area contributed by atoms with Gasteiger partial charge in [0, 0.05) is 41.0 Å². The number of amides is 1. The number of rotatable bonds is 7. The van der Waals surface area contributed by atoms with E-state index in [-0.39, 0.29) is 29.8 Å². The third-order valence-corrected chi connectivity index (χ3v) is 8.64. The second kappa shape index (κ2) is 10.9. The van der Waals surface area contributed by atoms with Gasteiger partial charge in [-0.3, -0.25) is 4.79 Å². The van der Waals surface area contributed by atoms with Gasteiger partial charge in [-0.15, -0.1) is 0 Å². The van der Waals surface area contributed by atoms with Crippen LogP contribution in [0.5, 0.6) is 0 Å². The van der Waals surface area contributed by atoms with Crippen molar-refractivity contribution >= 4 is 33.4 Å². The zero-order valence-corrected chi connectivity index (χ0v) is 21.9. The standard InChI is InChI=1S/C29H25ClFN3O3S/c30-27-9-5-4-6-22(27)18-33(26-16-17-38(36,37)20-26)28(35)15-12-23-19-34(25-7-2-1-3-8-25)32-29(23)21-10-13-24(31)14-11-21/h1-15,19,26H,16-18,20H2/b15-12+. The number of nitrogens with zero attached hydrogens (tertiary/aromatic N) is 3. The lowest BCUT2D eigenvalue weighted by Gasteiger charge is -2.27. The molecule has 38 heavy (non-hydrogen) atoms. The van der Waals surface area contributed by atoms with Crippen LogP contribution in [0, 0.1) is 5.82 Å². The minimum Gasteiger partial charge on any atom is -0.331 e. The molecule has 0 aliphatic carbocycles. The van der Waals surface area contributed by atoms with E-state index in [0.717, 1.165) is 11.3 Å². The number of benzene rings is 3. The van der Waals surface area contributed by atoms with Crippen molar-refractivity contribution in [3.63, 3.8) is 0 Å². The maximum Gasteiger partial charge on any atom is 0.247 e. The highest BCUT2D eigenvalue weighted by Gasteiger charge is 2.34. The first-order valence-electron chi connectivity index (χ1n) is 12.1. The van der Waals surface area contributed by atoms with Crippen LogP contribution in [0.1, 0.15) is 17.5 Å². The minimum absolute atomic E-state index is 0.0479. The first-order chi connectivity index (χ1) is 18.3. The molecule has 1 aromatic heterocycles. The number of aromatic nitrogens is 2. The van der Waals surface area contributed by atoms with E-state index in [0.29, 0.717) is 28.3 Å². The lowest BCUT2D eigenvalue weighted by molar-refractivity contribution is -0.128. The summed E-state index contributed by atoms with van der Waals surface area (Å²) in [7, 11) is -3.21. The average molecular weight is 550 g/mol. The molecule has 2 heterocycles. The number of hydrogen-bond donors (Lipinski definition) is 0. The summed E-state index contributed by atoms with van der Waals surface area (Å²) in [6.07, 6.45) is 5.27. The molecule has 1 saturated heterocycles. The quantitative estimate of drug-likeness (QED) is 0.283.